The van der Waals surface area contributed by atoms with Gasteiger partial charge in [-0.1, -0.05) is 0 Å². The Kier molecular flexibility index (Phi) is 4.08. The van der Waals surface area contributed by atoms with Gasteiger partial charge in [0.1, 0.15) is 15.6 Å². The molecule has 0 saturated heterocycles. The highest BCUT2D eigenvalue weighted by Gasteiger charge is 2.28. The fraction of sp³-hybridized carbons (Fsp3) is 0.545. The third kappa shape index (κ3) is 3.25. The first-order valence-electron chi connectivity index (χ1n) is 5.82. The zero-order valence-electron chi connectivity index (χ0n) is 10.3. The van der Waals surface area contributed by atoms with Crippen molar-refractivity contribution in [1.29, 1.82) is 0 Å². The predicted octanol–water partition coefficient (Wildman–Crippen LogP) is 1.91. The first-order valence-corrected chi connectivity index (χ1v) is 6.63. The van der Waals surface area contributed by atoms with Gasteiger partial charge in [-0.05, 0) is 12.8 Å². The maximum absolute atomic E-state index is 12.2. The maximum atomic E-state index is 12.2. The molecule has 0 aliphatic heterocycles. The summed E-state index contributed by atoms with van der Waals surface area (Å²) in [5.74, 6) is -0.0417. The minimum atomic E-state index is -2.49. The predicted molar refractivity (Wildman–Crippen MR) is 70.3 cm³/mol. The van der Waals surface area contributed by atoms with Crippen LogP contribution in [0.5, 0.6) is 5.75 Å². The highest BCUT2D eigenvalue weighted by Crippen LogP contribution is 2.42. The topological polar surface area (TPSA) is 76.4 Å². The SMILES string of the molecule is COc1c(NCC(F)F)sc(C(=O)NC2CC2)c1N. The van der Waals surface area contributed by atoms with Gasteiger partial charge >= 0.3 is 0 Å². The molecule has 0 unspecified atom stereocenters. The molecule has 1 aromatic heterocycles. The van der Waals surface area contributed by atoms with Crippen LogP contribution < -0.4 is 21.1 Å². The molecule has 1 fully saturated rings. The molecular weight excluding hydrogens is 276 g/mol. The van der Waals surface area contributed by atoms with Crippen LogP contribution in [0.4, 0.5) is 19.5 Å². The van der Waals surface area contributed by atoms with Crippen LogP contribution in [-0.4, -0.2) is 32.0 Å². The summed E-state index contributed by atoms with van der Waals surface area (Å²) in [7, 11) is 1.38. The molecule has 1 aromatic rings. The number of thiophene rings is 1. The summed E-state index contributed by atoms with van der Waals surface area (Å²) in [6.45, 7) is -0.514. The normalized spacial score (nSPS) is 14.5. The van der Waals surface area contributed by atoms with Gasteiger partial charge in [-0.15, -0.1) is 11.3 Å². The Morgan fingerprint density at radius 3 is 2.79 bits per heavy atom. The Balaban J connectivity index is 2.16. The lowest BCUT2D eigenvalue weighted by molar-refractivity contribution is 0.0955. The van der Waals surface area contributed by atoms with E-state index in [1.54, 1.807) is 0 Å². The standard InChI is InChI=1S/C11H15F2N3O2S/c1-18-8-7(14)9(10(17)16-5-2-3-5)19-11(8)15-4-6(12)13/h5-6,15H,2-4,14H2,1H3,(H,16,17). The van der Waals surface area contributed by atoms with Crippen LogP contribution in [0.15, 0.2) is 0 Å². The van der Waals surface area contributed by atoms with Crippen molar-refractivity contribution in [3.63, 3.8) is 0 Å². The zero-order valence-corrected chi connectivity index (χ0v) is 11.2. The third-order valence-corrected chi connectivity index (χ3v) is 3.78. The second-order valence-electron chi connectivity index (χ2n) is 4.23. The molecule has 5 nitrogen and oxygen atoms in total. The van der Waals surface area contributed by atoms with Crippen LogP contribution in [-0.2, 0) is 0 Å². The number of nitrogens with two attached hydrogens (primary N) is 1. The Bertz CT molecular complexity index is 475. The highest BCUT2D eigenvalue weighted by molar-refractivity contribution is 7.19. The maximum Gasteiger partial charge on any atom is 0.263 e. The van der Waals surface area contributed by atoms with Crippen molar-refractivity contribution in [2.75, 3.05) is 24.7 Å². The van der Waals surface area contributed by atoms with Crippen molar-refractivity contribution in [3.05, 3.63) is 4.88 Å². The zero-order chi connectivity index (χ0) is 14.0. The van der Waals surface area contributed by atoms with Crippen LogP contribution in [0.25, 0.3) is 0 Å². The molecule has 1 aliphatic rings. The number of carbonyl (C=O) groups excluding carboxylic acids is 1. The van der Waals surface area contributed by atoms with Crippen LogP contribution in [0.2, 0.25) is 0 Å². The van der Waals surface area contributed by atoms with E-state index in [4.69, 9.17) is 10.5 Å². The lowest BCUT2D eigenvalue weighted by Gasteiger charge is -2.05. The van der Waals surface area contributed by atoms with E-state index in [1.807, 2.05) is 0 Å². The molecule has 19 heavy (non-hydrogen) atoms. The van der Waals surface area contributed by atoms with Gasteiger partial charge in [-0.3, -0.25) is 4.79 Å². The number of nitrogens with one attached hydrogen (secondary N) is 2. The quantitative estimate of drug-likeness (QED) is 0.748. The summed E-state index contributed by atoms with van der Waals surface area (Å²) >= 11 is 1.02. The molecular formula is C11H15F2N3O2S. The minimum Gasteiger partial charge on any atom is -0.492 e. The Hall–Kier alpha value is -1.57. The highest BCUT2D eigenvalue weighted by atomic mass is 32.1. The summed E-state index contributed by atoms with van der Waals surface area (Å²) in [6, 6.07) is 0.206. The van der Waals surface area contributed by atoms with E-state index in [0.29, 0.717) is 9.88 Å². The van der Waals surface area contributed by atoms with Crippen molar-refractivity contribution in [3.8, 4) is 5.75 Å². The van der Waals surface area contributed by atoms with E-state index in [0.717, 1.165) is 24.2 Å². The van der Waals surface area contributed by atoms with Crippen molar-refractivity contribution in [1.82, 2.24) is 5.32 Å². The number of carbonyl (C=O) groups is 1. The smallest absolute Gasteiger partial charge is 0.263 e. The molecule has 0 aromatic carbocycles. The number of methoxy groups -OCH3 is 1. The van der Waals surface area contributed by atoms with E-state index >= 15 is 0 Å². The number of hydrogen-bond donors (Lipinski definition) is 3. The van der Waals surface area contributed by atoms with Crippen molar-refractivity contribution in [2.45, 2.75) is 25.3 Å². The van der Waals surface area contributed by atoms with E-state index in [2.05, 4.69) is 10.6 Å². The number of hydrogen-bond acceptors (Lipinski definition) is 5. The number of amides is 1. The second-order valence-corrected chi connectivity index (χ2v) is 5.25. The lowest BCUT2D eigenvalue weighted by Crippen LogP contribution is -2.25. The molecule has 1 heterocycles. The van der Waals surface area contributed by atoms with Gasteiger partial charge in [0, 0.05) is 6.04 Å². The fourth-order valence-electron chi connectivity index (χ4n) is 1.56. The van der Waals surface area contributed by atoms with Gasteiger partial charge in [0.25, 0.3) is 12.3 Å². The molecule has 1 saturated carbocycles. The van der Waals surface area contributed by atoms with E-state index < -0.39 is 13.0 Å². The molecule has 106 valence electrons. The Morgan fingerprint density at radius 1 is 1.58 bits per heavy atom. The average molecular weight is 291 g/mol. The van der Waals surface area contributed by atoms with Gasteiger partial charge in [0.05, 0.1) is 13.7 Å². The number of nitrogen functional groups attached to an aromatic ring is 1. The molecule has 8 heteroatoms. The van der Waals surface area contributed by atoms with Crippen molar-refractivity contribution in [2.24, 2.45) is 0 Å². The van der Waals surface area contributed by atoms with Crippen molar-refractivity contribution < 1.29 is 18.3 Å². The largest absolute Gasteiger partial charge is 0.492 e. The van der Waals surface area contributed by atoms with Gasteiger partial charge < -0.3 is 21.1 Å². The Morgan fingerprint density at radius 2 is 2.26 bits per heavy atom. The molecule has 0 radical (unpaired) electrons. The van der Waals surface area contributed by atoms with E-state index in [1.165, 1.54) is 7.11 Å². The fourth-order valence-corrected chi connectivity index (χ4v) is 2.56. The molecule has 0 spiro atoms. The van der Waals surface area contributed by atoms with Crippen LogP contribution in [0.3, 0.4) is 0 Å². The van der Waals surface area contributed by atoms with Crippen LogP contribution in [0.1, 0.15) is 22.5 Å². The monoisotopic (exact) mass is 291 g/mol. The van der Waals surface area contributed by atoms with Gasteiger partial charge in [-0.2, -0.15) is 0 Å². The first kappa shape index (κ1) is 13.9. The molecule has 4 N–H and O–H groups in total. The van der Waals surface area contributed by atoms with E-state index in [-0.39, 0.29) is 23.4 Å². The summed E-state index contributed by atoms with van der Waals surface area (Å²) in [5.41, 5.74) is 6.00. The number of halogens is 2. The van der Waals surface area contributed by atoms with E-state index in [9.17, 15) is 13.6 Å². The third-order valence-electron chi connectivity index (χ3n) is 2.64. The Labute approximate surface area is 113 Å². The summed E-state index contributed by atoms with van der Waals surface area (Å²) in [5, 5.41) is 5.68. The van der Waals surface area contributed by atoms with Gasteiger partial charge in [0.2, 0.25) is 0 Å². The number of alkyl halides is 2. The number of rotatable bonds is 6. The van der Waals surface area contributed by atoms with Gasteiger partial charge in [0.15, 0.2) is 5.75 Å². The van der Waals surface area contributed by atoms with Crippen molar-refractivity contribution >= 4 is 27.9 Å². The molecule has 0 atom stereocenters. The molecule has 1 amide bonds. The van der Waals surface area contributed by atoms with Gasteiger partial charge in [-0.25, -0.2) is 8.78 Å². The first-order chi connectivity index (χ1) is 9.02. The summed E-state index contributed by atoms with van der Waals surface area (Å²) < 4.78 is 29.4. The summed E-state index contributed by atoms with van der Waals surface area (Å²) in [4.78, 5) is 12.2. The van der Waals surface area contributed by atoms with Crippen LogP contribution >= 0.6 is 11.3 Å². The van der Waals surface area contributed by atoms with Crippen LogP contribution in [0, 0.1) is 0 Å². The lowest BCUT2D eigenvalue weighted by atomic mass is 10.3. The number of anilines is 2. The second kappa shape index (κ2) is 5.60. The average Bonchev–Trinajstić information content (AvgIpc) is 3.09. The minimum absolute atomic E-state index is 0.183. The molecule has 0 bridgehead atoms. The molecule has 2 rings (SSSR count). The number of ether oxygens (including phenoxy) is 1. The summed E-state index contributed by atoms with van der Waals surface area (Å²) in [6.07, 6.45) is -0.563. The molecule has 1 aliphatic carbocycles.